The van der Waals surface area contributed by atoms with Gasteiger partial charge in [0.2, 0.25) is 0 Å². The van der Waals surface area contributed by atoms with Crippen LogP contribution in [0.4, 0.5) is 0 Å². The average Bonchev–Trinajstić information content (AvgIpc) is 2.83. The van der Waals surface area contributed by atoms with E-state index in [0.717, 1.165) is 12.2 Å². The Hall–Kier alpha value is -1.02. The highest BCUT2D eigenvalue weighted by Gasteiger charge is 2.34. The van der Waals surface area contributed by atoms with Gasteiger partial charge in [-0.05, 0) is 24.1 Å². The van der Waals surface area contributed by atoms with Crippen LogP contribution in [0.1, 0.15) is 17.9 Å². The number of hydrogen-bond acceptors (Lipinski definition) is 2. The monoisotopic (exact) mass is 163 g/mol. The maximum atomic E-state index is 5.74. The topological polar surface area (TPSA) is 35.2 Å². The summed E-state index contributed by atoms with van der Waals surface area (Å²) in [5, 5.41) is 0. The molecule has 1 saturated carbocycles. The van der Waals surface area contributed by atoms with Gasteiger partial charge in [0.1, 0.15) is 5.75 Å². The first-order chi connectivity index (χ1) is 5.81. The largest absolute Gasteiger partial charge is 0.497 e. The third-order valence-corrected chi connectivity index (χ3v) is 2.38. The van der Waals surface area contributed by atoms with Crippen LogP contribution in [-0.4, -0.2) is 13.2 Å². The number of ether oxygens (including phenoxy) is 1. The first kappa shape index (κ1) is 7.62. The number of hydrogen-bond donors (Lipinski definition) is 1. The van der Waals surface area contributed by atoms with Gasteiger partial charge in [-0.25, -0.2) is 0 Å². The van der Waals surface area contributed by atoms with E-state index in [-0.39, 0.29) is 0 Å². The molecule has 0 spiro atoms. The number of benzene rings is 1. The summed E-state index contributed by atoms with van der Waals surface area (Å²) in [6, 6.07) is 8.55. The zero-order chi connectivity index (χ0) is 8.55. The van der Waals surface area contributed by atoms with Crippen LogP contribution in [-0.2, 0) is 0 Å². The predicted octanol–water partition coefficient (Wildman–Crippen LogP) is 1.51. The van der Waals surface area contributed by atoms with Crippen LogP contribution in [0.2, 0.25) is 0 Å². The minimum absolute atomic E-state index is 0.387. The summed E-state index contributed by atoms with van der Waals surface area (Å²) < 4.78 is 5.06. The van der Waals surface area contributed by atoms with Crippen LogP contribution in [0.15, 0.2) is 24.3 Å². The second kappa shape index (κ2) is 2.79. The van der Waals surface area contributed by atoms with Crippen molar-refractivity contribution in [2.45, 2.75) is 18.4 Å². The van der Waals surface area contributed by atoms with E-state index in [0.29, 0.717) is 12.0 Å². The van der Waals surface area contributed by atoms with Crippen molar-refractivity contribution < 1.29 is 4.74 Å². The zero-order valence-corrected chi connectivity index (χ0v) is 7.16. The van der Waals surface area contributed by atoms with Crippen molar-refractivity contribution >= 4 is 0 Å². The van der Waals surface area contributed by atoms with E-state index in [1.807, 2.05) is 12.1 Å². The van der Waals surface area contributed by atoms with Crippen LogP contribution in [0.3, 0.4) is 0 Å². The number of methoxy groups -OCH3 is 1. The first-order valence-corrected chi connectivity index (χ1v) is 4.21. The summed E-state index contributed by atoms with van der Waals surface area (Å²) in [6.45, 7) is 0. The molecule has 64 valence electrons. The van der Waals surface area contributed by atoms with Crippen molar-refractivity contribution in [3.8, 4) is 5.75 Å². The smallest absolute Gasteiger partial charge is 0.118 e. The predicted molar refractivity (Wildman–Crippen MR) is 48.3 cm³/mol. The minimum atomic E-state index is 0.387. The molecule has 0 saturated heterocycles. The van der Waals surface area contributed by atoms with Gasteiger partial charge in [-0.15, -0.1) is 0 Å². The highest BCUT2D eigenvalue weighted by atomic mass is 16.5. The van der Waals surface area contributed by atoms with E-state index in [1.165, 1.54) is 5.56 Å². The molecule has 0 aromatic heterocycles. The lowest BCUT2D eigenvalue weighted by molar-refractivity contribution is 0.414. The third kappa shape index (κ3) is 1.30. The Morgan fingerprint density at radius 3 is 2.33 bits per heavy atom. The quantitative estimate of drug-likeness (QED) is 0.717. The third-order valence-electron chi connectivity index (χ3n) is 2.38. The summed E-state index contributed by atoms with van der Waals surface area (Å²) in [7, 11) is 1.68. The molecule has 2 nitrogen and oxygen atoms in total. The molecule has 12 heavy (non-hydrogen) atoms. The summed E-state index contributed by atoms with van der Waals surface area (Å²) >= 11 is 0. The molecule has 1 fully saturated rings. The van der Waals surface area contributed by atoms with Crippen molar-refractivity contribution in [2.75, 3.05) is 7.11 Å². The summed E-state index contributed by atoms with van der Waals surface area (Å²) in [6.07, 6.45) is 1.13. The molecule has 2 heteroatoms. The van der Waals surface area contributed by atoms with Crippen LogP contribution in [0.25, 0.3) is 0 Å². The Morgan fingerprint density at radius 2 is 1.92 bits per heavy atom. The van der Waals surface area contributed by atoms with E-state index in [4.69, 9.17) is 10.5 Å². The number of nitrogens with two attached hydrogens (primary N) is 1. The fourth-order valence-electron chi connectivity index (χ4n) is 1.45. The molecule has 1 aliphatic carbocycles. The second-order valence-electron chi connectivity index (χ2n) is 3.28. The fourth-order valence-corrected chi connectivity index (χ4v) is 1.45. The van der Waals surface area contributed by atoms with Gasteiger partial charge < -0.3 is 10.5 Å². The van der Waals surface area contributed by atoms with Gasteiger partial charge in [-0.2, -0.15) is 0 Å². The number of rotatable bonds is 2. The highest BCUT2D eigenvalue weighted by Crippen LogP contribution is 2.39. The van der Waals surface area contributed by atoms with Crippen molar-refractivity contribution in [3.05, 3.63) is 29.8 Å². The lowest BCUT2D eigenvalue weighted by Crippen LogP contribution is -2.00. The van der Waals surface area contributed by atoms with Crippen molar-refractivity contribution in [2.24, 2.45) is 5.73 Å². The van der Waals surface area contributed by atoms with E-state index in [2.05, 4.69) is 12.1 Å². The van der Waals surface area contributed by atoms with Crippen LogP contribution >= 0.6 is 0 Å². The standard InChI is InChI=1S/C10H13NO/c1-12-8-4-2-7(3-5-8)9-6-10(9)11/h2-5,9-10H,6,11H2,1H3/t9-,10+/m1/s1. The SMILES string of the molecule is COc1ccc([C@H]2C[C@@H]2N)cc1. The molecule has 1 aromatic rings. The molecule has 2 rings (SSSR count). The van der Waals surface area contributed by atoms with Crippen molar-refractivity contribution in [1.29, 1.82) is 0 Å². The molecule has 0 amide bonds. The van der Waals surface area contributed by atoms with Gasteiger partial charge in [0.25, 0.3) is 0 Å². The van der Waals surface area contributed by atoms with E-state index < -0.39 is 0 Å². The van der Waals surface area contributed by atoms with Gasteiger partial charge in [-0.3, -0.25) is 0 Å². The average molecular weight is 163 g/mol. The van der Waals surface area contributed by atoms with Crippen LogP contribution < -0.4 is 10.5 Å². The van der Waals surface area contributed by atoms with Crippen molar-refractivity contribution in [1.82, 2.24) is 0 Å². The van der Waals surface area contributed by atoms with Crippen LogP contribution in [0.5, 0.6) is 5.75 Å². The Balaban J connectivity index is 2.14. The fraction of sp³-hybridized carbons (Fsp3) is 0.400. The van der Waals surface area contributed by atoms with Crippen LogP contribution in [0, 0.1) is 0 Å². The minimum Gasteiger partial charge on any atom is -0.497 e. The summed E-state index contributed by atoms with van der Waals surface area (Å²) in [5.41, 5.74) is 7.07. The van der Waals surface area contributed by atoms with E-state index >= 15 is 0 Å². The molecule has 2 N–H and O–H groups in total. The molecule has 1 aliphatic rings. The lowest BCUT2D eigenvalue weighted by Gasteiger charge is -2.01. The Kier molecular flexibility index (Phi) is 1.77. The molecule has 1 aromatic carbocycles. The van der Waals surface area contributed by atoms with E-state index in [1.54, 1.807) is 7.11 Å². The summed E-state index contributed by atoms with van der Waals surface area (Å²) in [4.78, 5) is 0. The highest BCUT2D eigenvalue weighted by molar-refractivity contribution is 5.33. The molecule has 0 heterocycles. The summed E-state index contributed by atoms with van der Waals surface area (Å²) in [5.74, 6) is 1.50. The maximum Gasteiger partial charge on any atom is 0.118 e. The molecule has 0 bridgehead atoms. The molecular formula is C10H13NO. The molecular weight excluding hydrogens is 150 g/mol. The Morgan fingerprint density at radius 1 is 1.33 bits per heavy atom. The molecule has 2 atom stereocenters. The lowest BCUT2D eigenvalue weighted by atomic mass is 10.1. The zero-order valence-electron chi connectivity index (χ0n) is 7.16. The Labute approximate surface area is 72.3 Å². The Bertz CT molecular complexity index is 268. The maximum absolute atomic E-state index is 5.74. The second-order valence-corrected chi connectivity index (χ2v) is 3.28. The van der Waals surface area contributed by atoms with Gasteiger partial charge in [0, 0.05) is 12.0 Å². The molecule has 0 unspecified atom stereocenters. The molecule has 0 aliphatic heterocycles. The van der Waals surface area contributed by atoms with Gasteiger partial charge in [0.15, 0.2) is 0 Å². The first-order valence-electron chi connectivity index (χ1n) is 4.21. The van der Waals surface area contributed by atoms with Gasteiger partial charge >= 0.3 is 0 Å². The molecule has 0 radical (unpaired) electrons. The normalized spacial score (nSPS) is 26.8. The van der Waals surface area contributed by atoms with Crippen molar-refractivity contribution in [3.63, 3.8) is 0 Å². The van der Waals surface area contributed by atoms with E-state index in [9.17, 15) is 0 Å². The van der Waals surface area contributed by atoms with Gasteiger partial charge in [0.05, 0.1) is 7.11 Å². The van der Waals surface area contributed by atoms with Gasteiger partial charge in [-0.1, -0.05) is 12.1 Å².